The summed E-state index contributed by atoms with van der Waals surface area (Å²) in [5.74, 6) is 1.41. The largest absolute Gasteiger partial charge is 0.480 e. The predicted octanol–water partition coefficient (Wildman–Crippen LogP) is -0.179. The van der Waals surface area contributed by atoms with Gasteiger partial charge in [-0.1, -0.05) is 0 Å². The van der Waals surface area contributed by atoms with E-state index in [1.165, 1.54) is 0 Å². The molecule has 0 amide bonds. The second-order valence-corrected chi connectivity index (χ2v) is 5.64. The van der Waals surface area contributed by atoms with Crippen LogP contribution in [0, 0.1) is 0 Å². The van der Waals surface area contributed by atoms with Crippen LogP contribution in [0.4, 0.5) is 0 Å². The fourth-order valence-corrected chi connectivity index (χ4v) is 3.20. The molecule has 5 nitrogen and oxygen atoms in total. The average molecular weight is 260 g/mol. The van der Waals surface area contributed by atoms with Crippen molar-refractivity contribution in [2.75, 3.05) is 57.4 Å². The number of carbonyl (C=O) groups is 1. The molecule has 1 N–H and O–H groups in total. The third kappa shape index (κ3) is 3.84. The van der Waals surface area contributed by atoms with Crippen molar-refractivity contribution in [3.05, 3.63) is 0 Å². The Kier molecular flexibility index (Phi) is 5.09. The van der Waals surface area contributed by atoms with Crippen LogP contribution in [0.1, 0.15) is 0 Å². The van der Waals surface area contributed by atoms with E-state index in [-0.39, 0.29) is 6.04 Å². The molecule has 0 saturated carbocycles. The maximum absolute atomic E-state index is 11.4. The molecule has 0 radical (unpaired) electrons. The van der Waals surface area contributed by atoms with E-state index in [1.807, 2.05) is 11.8 Å². The van der Waals surface area contributed by atoms with Crippen molar-refractivity contribution >= 4 is 17.7 Å². The normalized spacial score (nSPS) is 25.6. The van der Waals surface area contributed by atoms with Gasteiger partial charge in [0.2, 0.25) is 0 Å². The minimum atomic E-state index is -0.691. The number of hydrogen-bond donors (Lipinski definition) is 1. The lowest BCUT2D eigenvalue weighted by Gasteiger charge is -2.36. The third-order valence-corrected chi connectivity index (χ3v) is 4.25. The summed E-state index contributed by atoms with van der Waals surface area (Å²) in [7, 11) is 0. The van der Waals surface area contributed by atoms with Crippen LogP contribution in [-0.4, -0.2) is 84.4 Å². The molecule has 0 aliphatic carbocycles. The van der Waals surface area contributed by atoms with Crippen LogP contribution in [0.5, 0.6) is 0 Å². The minimum absolute atomic E-state index is 0.353. The highest BCUT2D eigenvalue weighted by Gasteiger charge is 2.29. The highest BCUT2D eigenvalue weighted by Crippen LogP contribution is 2.14. The molecule has 2 rings (SSSR count). The lowest BCUT2D eigenvalue weighted by Crippen LogP contribution is -2.53. The number of carboxylic acid groups (broad SMARTS) is 1. The van der Waals surface area contributed by atoms with Crippen molar-refractivity contribution in [2.24, 2.45) is 0 Å². The van der Waals surface area contributed by atoms with Gasteiger partial charge in [-0.05, 0) is 0 Å². The highest BCUT2D eigenvalue weighted by atomic mass is 32.2. The number of rotatable bonds is 4. The average Bonchev–Trinajstić information content (AvgIpc) is 2.38. The Morgan fingerprint density at radius 1 is 1.24 bits per heavy atom. The smallest absolute Gasteiger partial charge is 0.322 e. The van der Waals surface area contributed by atoms with Crippen LogP contribution in [0.15, 0.2) is 0 Å². The Bertz CT molecular complexity index is 253. The fraction of sp³-hybridized carbons (Fsp3) is 0.909. The van der Waals surface area contributed by atoms with Crippen molar-refractivity contribution in [2.45, 2.75) is 6.04 Å². The summed E-state index contributed by atoms with van der Waals surface area (Å²) in [6, 6.07) is -0.353. The van der Waals surface area contributed by atoms with Gasteiger partial charge in [-0.15, -0.1) is 0 Å². The first-order valence-corrected chi connectivity index (χ1v) is 7.27. The standard InChI is InChI=1S/C11H20N2O3S/c14-11(15)10(13-3-7-17-8-4-13)9-12-1-5-16-6-2-12/h10H,1-9H2,(H,14,15). The van der Waals surface area contributed by atoms with E-state index < -0.39 is 5.97 Å². The molecule has 2 aliphatic rings. The topological polar surface area (TPSA) is 53.0 Å². The van der Waals surface area contributed by atoms with Crippen LogP contribution in [0.2, 0.25) is 0 Å². The van der Waals surface area contributed by atoms with E-state index in [4.69, 9.17) is 4.74 Å². The number of hydrogen-bond acceptors (Lipinski definition) is 5. The molecule has 2 heterocycles. The molecule has 98 valence electrons. The minimum Gasteiger partial charge on any atom is -0.480 e. The number of carboxylic acids is 1. The van der Waals surface area contributed by atoms with Crippen molar-refractivity contribution in [1.82, 2.24) is 9.80 Å². The molecule has 0 aromatic carbocycles. The molecule has 1 atom stereocenters. The molecule has 0 bridgehead atoms. The molecule has 2 fully saturated rings. The van der Waals surface area contributed by atoms with Gasteiger partial charge in [-0.25, -0.2) is 0 Å². The van der Waals surface area contributed by atoms with E-state index in [1.54, 1.807) is 0 Å². The van der Waals surface area contributed by atoms with Crippen molar-refractivity contribution < 1.29 is 14.6 Å². The SMILES string of the molecule is O=C(O)C(CN1CCOCC1)N1CCSCC1. The van der Waals surface area contributed by atoms with E-state index in [9.17, 15) is 9.90 Å². The van der Waals surface area contributed by atoms with E-state index in [0.29, 0.717) is 6.54 Å². The highest BCUT2D eigenvalue weighted by molar-refractivity contribution is 7.99. The molecule has 0 aromatic heterocycles. The van der Waals surface area contributed by atoms with E-state index in [2.05, 4.69) is 9.80 Å². The predicted molar refractivity (Wildman–Crippen MR) is 67.6 cm³/mol. The quantitative estimate of drug-likeness (QED) is 0.757. The summed E-state index contributed by atoms with van der Waals surface area (Å²) >= 11 is 1.91. The zero-order chi connectivity index (χ0) is 12.1. The lowest BCUT2D eigenvalue weighted by atomic mass is 10.2. The Morgan fingerprint density at radius 2 is 1.88 bits per heavy atom. The van der Waals surface area contributed by atoms with Gasteiger partial charge in [0.05, 0.1) is 13.2 Å². The molecule has 6 heteroatoms. The molecule has 0 aromatic rings. The molecule has 0 spiro atoms. The Hall–Kier alpha value is -0.300. The van der Waals surface area contributed by atoms with Gasteiger partial charge in [-0.2, -0.15) is 11.8 Å². The first kappa shape index (κ1) is 13.1. The number of nitrogens with zero attached hydrogens (tertiary/aromatic N) is 2. The maximum atomic E-state index is 11.4. The van der Waals surface area contributed by atoms with Gasteiger partial charge in [0.1, 0.15) is 6.04 Å². The second-order valence-electron chi connectivity index (χ2n) is 4.42. The van der Waals surface area contributed by atoms with Gasteiger partial charge >= 0.3 is 5.97 Å². The fourth-order valence-electron chi connectivity index (χ4n) is 2.27. The van der Waals surface area contributed by atoms with Crippen molar-refractivity contribution in [3.8, 4) is 0 Å². The summed E-state index contributed by atoms with van der Waals surface area (Å²) < 4.78 is 5.28. The monoisotopic (exact) mass is 260 g/mol. The third-order valence-electron chi connectivity index (χ3n) is 3.31. The summed E-state index contributed by atoms with van der Waals surface area (Å²) in [6.45, 7) is 5.57. The Balaban J connectivity index is 1.88. The Morgan fingerprint density at radius 3 is 2.47 bits per heavy atom. The Labute approximate surface area is 106 Å². The van der Waals surface area contributed by atoms with Crippen LogP contribution < -0.4 is 0 Å². The second kappa shape index (κ2) is 6.58. The molecule has 2 aliphatic heterocycles. The number of aliphatic carboxylic acids is 1. The molecule has 17 heavy (non-hydrogen) atoms. The maximum Gasteiger partial charge on any atom is 0.322 e. The van der Waals surface area contributed by atoms with Gasteiger partial charge in [-0.3, -0.25) is 14.6 Å². The van der Waals surface area contributed by atoms with Gasteiger partial charge in [0, 0.05) is 44.2 Å². The molecular formula is C11H20N2O3S. The number of thioether (sulfide) groups is 1. The van der Waals surface area contributed by atoms with Crippen molar-refractivity contribution in [1.29, 1.82) is 0 Å². The number of morpholine rings is 1. The van der Waals surface area contributed by atoms with E-state index >= 15 is 0 Å². The summed E-state index contributed by atoms with van der Waals surface area (Å²) in [5.41, 5.74) is 0. The first-order chi connectivity index (χ1) is 8.27. The summed E-state index contributed by atoms with van der Waals surface area (Å²) in [4.78, 5) is 15.7. The van der Waals surface area contributed by atoms with Crippen LogP contribution in [-0.2, 0) is 9.53 Å². The molecular weight excluding hydrogens is 240 g/mol. The lowest BCUT2D eigenvalue weighted by molar-refractivity contribution is -0.144. The van der Waals surface area contributed by atoms with Crippen molar-refractivity contribution in [3.63, 3.8) is 0 Å². The zero-order valence-corrected chi connectivity index (χ0v) is 10.8. The van der Waals surface area contributed by atoms with Crippen LogP contribution >= 0.6 is 11.8 Å². The van der Waals surface area contributed by atoms with Crippen LogP contribution in [0.25, 0.3) is 0 Å². The number of ether oxygens (including phenoxy) is 1. The molecule has 1 unspecified atom stereocenters. The van der Waals surface area contributed by atoms with Gasteiger partial charge in [0.25, 0.3) is 0 Å². The molecule has 2 saturated heterocycles. The first-order valence-electron chi connectivity index (χ1n) is 6.12. The van der Waals surface area contributed by atoms with Gasteiger partial charge in [0.15, 0.2) is 0 Å². The summed E-state index contributed by atoms with van der Waals surface area (Å²) in [6.07, 6.45) is 0. The van der Waals surface area contributed by atoms with Gasteiger partial charge < -0.3 is 9.84 Å². The summed E-state index contributed by atoms with van der Waals surface area (Å²) in [5, 5.41) is 9.35. The zero-order valence-electron chi connectivity index (χ0n) is 10.0. The van der Waals surface area contributed by atoms with Crippen LogP contribution in [0.3, 0.4) is 0 Å². The van der Waals surface area contributed by atoms with E-state index in [0.717, 1.165) is 50.9 Å².